The lowest BCUT2D eigenvalue weighted by molar-refractivity contribution is -0.117. The Kier molecular flexibility index (Phi) is 5.99. The number of aryl methyl sites for hydroxylation is 1. The number of para-hydroxylation sites is 2. The number of benzene rings is 3. The number of anilines is 2. The number of methoxy groups -OCH3 is 1. The predicted molar refractivity (Wildman–Crippen MR) is 127 cm³/mol. The van der Waals surface area contributed by atoms with Crippen LogP contribution in [0.4, 0.5) is 11.4 Å². The summed E-state index contributed by atoms with van der Waals surface area (Å²) in [6.07, 6.45) is 0.640. The Bertz CT molecular complexity index is 1160. The molecule has 0 spiro atoms. The Morgan fingerprint density at radius 2 is 1.72 bits per heavy atom. The van der Waals surface area contributed by atoms with E-state index < -0.39 is 0 Å². The lowest BCUT2D eigenvalue weighted by Gasteiger charge is -2.43. The van der Waals surface area contributed by atoms with Crippen LogP contribution in [-0.4, -0.2) is 25.0 Å². The second kappa shape index (κ2) is 8.87. The Morgan fingerprint density at radius 1 is 1.00 bits per heavy atom. The fourth-order valence-electron chi connectivity index (χ4n) is 4.62. The molecule has 164 valence electrons. The van der Waals surface area contributed by atoms with Crippen molar-refractivity contribution in [1.82, 2.24) is 0 Å². The van der Waals surface area contributed by atoms with Crippen molar-refractivity contribution in [2.24, 2.45) is 0 Å². The molecule has 0 bridgehead atoms. The number of ether oxygens (including phenoxy) is 1. The molecule has 1 aliphatic rings. The summed E-state index contributed by atoms with van der Waals surface area (Å²) in [7, 11) is 1.59. The molecule has 0 fully saturated rings. The van der Waals surface area contributed by atoms with E-state index in [4.69, 9.17) is 4.74 Å². The molecule has 1 aliphatic heterocycles. The molecule has 2 unspecified atom stereocenters. The van der Waals surface area contributed by atoms with Gasteiger partial charge in [-0.1, -0.05) is 42.5 Å². The predicted octanol–water partition coefficient (Wildman–Crippen LogP) is 5.54. The van der Waals surface area contributed by atoms with Gasteiger partial charge in [0.25, 0.3) is 5.91 Å². The van der Waals surface area contributed by atoms with E-state index in [2.05, 4.69) is 0 Å². The molecule has 5 nitrogen and oxygen atoms in total. The number of hydrogen-bond acceptors (Lipinski definition) is 3. The summed E-state index contributed by atoms with van der Waals surface area (Å²) in [6.45, 7) is 5.66. The topological polar surface area (TPSA) is 49.9 Å². The molecule has 0 aliphatic carbocycles. The molecule has 5 heteroatoms. The van der Waals surface area contributed by atoms with Crippen LogP contribution in [0.2, 0.25) is 0 Å². The maximum atomic E-state index is 13.6. The van der Waals surface area contributed by atoms with Gasteiger partial charge < -0.3 is 14.5 Å². The van der Waals surface area contributed by atoms with Crippen LogP contribution in [0.1, 0.15) is 47.8 Å². The average molecular weight is 429 g/mol. The molecular formula is C27H28N2O3. The second-order valence-corrected chi connectivity index (χ2v) is 8.24. The second-order valence-electron chi connectivity index (χ2n) is 8.24. The minimum Gasteiger partial charge on any atom is -0.497 e. The summed E-state index contributed by atoms with van der Waals surface area (Å²) in [5.74, 6) is 0.556. The van der Waals surface area contributed by atoms with E-state index >= 15 is 0 Å². The number of amides is 2. The summed E-state index contributed by atoms with van der Waals surface area (Å²) in [5.41, 5.74) is 4.33. The van der Waals surface area contributed by atoms with Gasteiger partial charge in [0, 0.05) is 29.9 Å². The van der Waals surface area contributed by atoms with E-state index in [1.165, 1.54) is 0 Å². The van der Waals surface area contributed by atoms with E-state index in [9.17, 15) is 9.59 Å². The van der Waals surface area contributed by atoms with E-state index in [0.717, 1.165) is 22.5 Å². The highest BCUT2D eigenvalue weighted by Crippen LogP contribution is 2.43. The zero-order chi connectivity index (χ0) is 22.8. The number of hydrogen-bond donors (Lipinski definition) is 0. The van der Waals surface area contributed by atoms with Gasteiger partial charge in [-0.15, -0.1) is 0 Å². The summed E-state index contributed by atoms with van der Waals surface area (Å²) < 4.78 is 5.31. The summed E-state index contributed by atoms with van der Waals surface area (Å²) in [6, 6.07) is 22.8. The minimum absolute atomic E-state index is 0.0149. The Labute approximate surface area is 189 Å². The van der Waals surface area contributed by atoms with Crippen LogP contribution >= 0.6 is 0 Å². The molecule has 4 rings (SSSR count). The average Bonchev–Trinajstić information content (AvgIpc) is 2.80. The first-order valence-electron chi connectivity index (χ1n) is 10.8. The highest BCUT2D eigenvalue weighted by Gasteiger charge is 2.38. The van der Waals surface area contributed by atoms with Crippen LogP contribution in [0.15, 0.2) is 72.8 Å². The summed E-state index contributed by atoms with van der Waals surface area (Å²) in [5, 5.41) is 0. The molecule has 3 aromatic rings. The molecule has 0 saturated carbocycles. The van der Waals surface area contributed by atoms with E-state index in [1.54, 1.807) is 20.1 Å². The van der Waals surface area contributed by atoms with Crippen molar-refractivity contribution < 1.29 is 14.3 Å². The quantitative estimate of drug-likeness (QED) is 0.548. The van der Waals surface area contributed by atoms with Crippen molar-refractivity contribution in [2.75, 3.05) is 16.9 Å². The Balaban J connectivity index is 1.79. The highest BCUT2D eigenvalue weighted by molar-refractivity contribution is 6.07. The first kappa shape index (κ1) is 21.6. The molecule has 0 radical (unpaired) electrons. The van der Waals surface area contributed by atoms with Gasteiger partial charge in [0.1, 0.15) is 5.75 Å². The zero-order valence-corrected chi connectivity index (χ0v) is 18.9. The third-order valence-corrected chi connectivity index (χ3v) is 6.12. The van der Waals surface area contributed by atoms with Gasteiger partial charge in [0.05, 0.1) is 13.2 Å². The molecule has 32 heavy (non-hydrogen) atoms. The van der Waals surface area contributed by atoms with Crippen LogP contribution in [-0.2, 0) is 4.79 Å². The molecule has 0 N–H and O–H groups in total. The van der Waals surface area contributed by atoms with Gasteiger partial charge in [-0.05, 0) is 61.7 Å². The monoisotopic (exact) mass is 428 g/mol. The summed E-state index contributed by atoms with van der Waals surface area (Å²) in [4.78, 5) is 30.1. The van der Waals surface area contributed by atoms with Crippen molar-refractivity contribution in [3.63, 3.8) is 0 Å². The van der Waals surface area contributed by atoms with Gasteiger partial charge in [0.2, 0.25) is 5.91 Å². The number of fused-ring (bicyclic) bond motifs is 1. The summed E-state index contributed by atoms with van der Waals surface area (Å²) >= 11 is 0. The number of carbonyl (C=O) groups excluding carboxylic acids is 2. The zero-order valence-electron chi connectivity index (χ0n) is 18.9. The van der Waals surface area contributed by atoms with Crippen LogP contribution in [0.3, 0.4) is 0 Å². The van der Waals surface area contributed by atoms with Crippen LogP contribution in [0, 0.1) is 6.92 Å². The molecule has 0 aromatic heterocycles. The van der Waals surface area contributed by atoms with Crippen LogP contribution in [0.5, 0.6) is 5.75 Å². The smallest absolute Gasteiger partial charge is 0.258 e. The fourth-order valence-corrected chi connectivity index (χ4v) is 4.62. The number of rotatable bonds is 4. The third kappa shape index (κ3) is 3.86. The first-order valence-corrected chi connectivity index (χ1v) is 10.8. The number of carbonyl (C=O) groups is 2. The van der Waals surface area contributed by atoms with Crippen molar-refractivity contribution >= 4 is 23.2 Å². The van der Waals surface area contributed by atoms with Crippen molar-refractivity contribution in [2.45, 2.75) is 39.3 Å². The third-order valence-electron chi connectivity index (χ3n) is 6.12. The van der Waals surface area contributed by atoms with Gasteiger partial charge in [-0.25, -0.2) is 0 Å². The van der Waals surface area contributed by atoms with Gasteiger partial charge in [0.15, 0.2) is 0 Å². The van der Waals surface area contributed by atoms with Crippen LogP contribution in [0.25, 0.3) is 0 Å². The molecular weight excluding hydrogens is 400 g/mol. The normalized spacial score (nSPS) is 17.4. The van der Waals surface area contributed by atoms with Crippen molar-refractivity contribution in [1.29, 1.82) is 0 Å². The maximum Gasteiger partial charge on any atom is 0.258 e. The van der Waals surface area contributed by atoms with E-state index in [-0.39, 0.29) is 23.9 Å². The van der Waals surface area contributed by atoms with Crippen LogP contribution < -0.4 is 14.5 Å². The molecule has 2 atom stereocenters. The minimum atomic E-state index is -0.158. The van der Waals surface area contributed by atoms with E-state index in [0.29, 0.717) is 17.7 Å². The lowest BCUT2D eigenvalue weighted by Crippen LogP contribution is -2.47. The Hall–Kier alpha value is -3.60. The Morgan fingerprint density at radius 3 is 2.44 bits per heavy atom. The fraction of sp³-hybridized carbons (Fsp3) is 0.259. The van der Waals surface area contributed by atoms with Gasteiger partial charge in [-0.2, -0.15) is 0 Å². The highest BCUT2D eigenvalue weighted by atomic mass is 16.5. The standard InChI is InChI=1S/C27H28N2O3/c1-18-10-5-7-14-24(18)29(20(3)30)26-16-19(2)28(25-15-8-6-13-23(25)26)27(31)21-11-9-12-22(17-21)32-4/h5-15,17,19,26H,16H2,1-4H3. The van der Waals surface area contributed by atoms with Gasteiger partial charge >= 0.3 is 0 Å². The lowest BCUT2D eigenvalue weighted by atomic mass is 9.89. The molecule has 0 saturated heterocycles. The molecule has 3 aromatic carbocycles. The van der Waals surface area contributed by atoms with Crippen molar-refractivity contribution in [3.05, 3.63) is 89.5 Å². The first-order chi connectivity index (χ1) is 15.4. The number of nitrogens with zero attached hydrogens (tertiary/aromatic N) is 2. The van der Waals surface area contributed by atoms with Gasteiger partial charge in [-0.3, -0.25) is 9.59 Å². The maximum absolute atomic E-state index is 13.6. The SMILES string of the molecule is COc1cccc(C(=O)N2c3ccccc3C(N(C(C)=O)c3ccccc3C)CC2C)c1. The molecule has 1 heterocycles. The van der Waals surface area contributed by atoms with Crippen molar-refractivity contribution in [3.8, 4) is 5.75 Å². The molecule has 2 amide bonds. The largest absolute Gasteiger partial charge is 0.497 e. The van der Waals surface area contributed by atoms with E-state index in [1.807, 2.05) is 90.4 Å².